The van der Waals surface area contributed by atoms with E-state index in [1.54, 1.807) is 7.11 Å². The maximum atomic E-state index is 12.0. The molecule has 0 radical (unpaired) electrons. The van der Waals surface area contributed by atoms with Crippen LogP contribution in [0.2, 0.25) is 0 Å². The molecule has 0 N–H and O–H groups in total. The summed E-state index contributed by atoms with van der Waals surface area (Å²) < 4.78 is 6.47. The van der Waals surface area contributed by atoms with Gasteiger partial charge in [-0.15, -0.1) is 0 Å². The topological polar surface area (TPSA) is 26.3 Å². The van der Waals surface area contributed by atoms with Crippen LogP contribution in [0.15, 0.2) is 24.3 Å². The van der Waals surface area contributed by atoms with Crippen LogP contribution in [-0.4, -0.2) is 19.0 Å². The quantitative estimate of drug-likeness (QED) is 0.776. The molecule has 3 heteroatoms. The van der Waals surface area contributed by atoms with Crippen LogP contribution in [0, 0.1) is 9.49 Å². The lowest BCUT2D eigenvalue weighted by molar-refractivity contribution is -0.129. The van der Waals surface area contributed by atoms with E-state index in [4.69, 9.17) is 4.74 Å². The van der Waals surface area contributed by atoms with Gasteiger partial charge in [0.15, 0.2) is 5.78 Å². The summed E-state index contributed by atoms with van der Waals surface area (Å²) in [6.07, 6.45) is 2.58. The number of ether oxygens (including phenoxy) is 1. The van der Waals surface area contributed by atoms with E-state index in [0.717, 1.165) is 18.4 Å². The highest BCUT2D eigenvalue weighted by atomic mass is 127. The molecule has 1 aromatic rings. The Morgan fingerprint density at radius 3 is 2.56 bits per heavy atom. The van der Waals surface area contributed by atoms with E-state index < -0.39 is 0 Å². The molecule has 1 unspecified atom stereocenters. The Balaban J connectivity index is 1.97. The molecule has 1 saturated carbocycles. The molecule has 1 aromatic carbocycles. The Morgan fingerprint density at radius 1 is 1.44 bits per heavy atom. The van der Waals surface area contributed by atoms with Crippen LogP contribution in [0.5, 0.6) is 0 Å². The van der Waals surface area contributed by atoms with E-state index in [1.807, 2.05) is 24.3 Å². The number of carbonyl (C=O) groups is 1. The van der Waals surface area contributed by atoms with Gasteiger partial charge in [0.05, 0.1) is 0 Å². The van der Waals surface area contributed by atoms with Crippen LogP contribution in [0.1, 0.15) is 18.4 Å². The van der Waals surface area contributed by atoms with Crippen molar-refractivity contribution < 1.29 is 9.53 Å². The first kappa shape index (κ1) is 12.0. The molecule has 16 heavy (non-hydrogen) atoms. The minimum atomic E-state index is -0.181. The Hall–Kier alpha value is -0.420. The Morgan fingerprint density at radius 2 is 2.06 bits per heavy atom. The Labute approximate surface area is 110 Å². The van der Waals surface area contributed by atoms with Gasteiger partial charge in [-0.1, -0.05) is 12.1 Å². The van der Waals surface area contributed by atoms with Gasteiger partial charge >= 0.3 is 0 Å². The van der Waals surface area contributed by atoms with Crippen molar-refractivity contribution in [1.82, 2.24) is 0 Å². The number of Topliss-reactive ketones (excluding diaryl/α,β-unsaturated/α-hetero) is 1. The van der Waals surface area contributed by atoms with Gasteiger partial charge < -0.3 is 4.74 Å². The molecule has 0 saturated heterocycles. The SMILES string of the molecule is COC(C(=O)Cc1ccc(I)cc1)C1CC1. The summed E-state index contributed by atoms with van der Waals surface area (Å²) in [6, 6.07) is 8.09. The van der Waals surface area contributed by atoms with Crippen molar-refractivity contribution in [2.75, 3.05) is 7.11 Å². The molecule has 0 heterocycles. The predicted octanol–water partition coefficient (Wildman–Crippen LogP) is 2.83. The average Bonchev–Trinajstić information content (AvgIpc) is 3.07. The highest BCUT2D eigenvalue weighted by Gasteiger charge is 2.35. The normalized spacial score (nSPS) is 17.1. The molecule has 0 bridgehead atoms. The van der Waals surface area contributed by atoms with E-state index in [-0.39, 0.29) is 11.9 Å². The molecule has 1 aliphatic rings. The van der Waals surface area contributed by atoms with Crippen molar-refractivity contribution in [2.45, 2.75) is 25.4 Å². The summed E-state index contributed by atoms with van der Waals surface area (Å²) in [4.78, 5) is 12.0. The molecule has 0 aromatic heterocycles. The first-order chi connectivity index (χ1) is 7.70. The summed E-state index contributed by atoms with van der Waals surface area (Å²) in [5, 5.41) is 0. The van der Waals surface area contributed by atoms with Crippen LogP contribution in [0.4, 0.5) is 0 Å². The predicted molar refractivity (Wildman–Crippen MR) is 71.4 cm³/mol. The zero-order valence-electron chi connectivity index (χ0n) is 9.28. The number of hydrogen-bond donors (Lipinski definition) is 0. The van der Waals surface area contributed by atoms with Crippen molar-refractivity contribution in [3.63, 3.8) is 0 Å². The molecule has 0 amide bonds. The molecule has 2 nitrogen and oxygen atoms in total. The van der Waals surface area contributed by atoms with Crippen LogP contribution < -0.4 is 0 Å². The second kappa shape index (κ2) is 5.27. The van der Waals surface area contributed by atoms with Crippen molar-refractivity contribution in [3.8, 4) is 0 Å². The molecule has 1 fully saturated rings. The van der Waals surface area contributed by atoms with Gasteiger partial charge in [0.25, 0.3) is 0 Å². The third kappa shape index (κ3) is 3.04. The van der Waals surface area contributed by atoms with Gasteiger partial charge in [-0.25, -0.2) is 0 Å². The molecule has 1 aliphatic carbocycles. The highest BCUT2D eigenvalue weighted by Crippen LogP contribution is 2.34. The standard InChI is InChI=1S/C13H15IO2/c1-16-13(10-4-5-10)12(15)8-9-2-6-11(14)7-3-9/h2-3,6-7,10,13H,4-5,8H2,1H3. The maximum Gasteiger partial charge on any atom is 0.166 e. The highest BCUT2D eigenvalue weighted by molar-refractivity contribution is 14.1. The van der Waals surface area contributed by atoms with Crippen molar-refractivity contribution >= 4 is 28.4 Å². The zero-order chi connectivity index (χ0) is 11.5. The van der Waals surface area contributed by atoms with E-state index in [0.29, 0.717) is 12.3 Å². The van der Waals surface area contributed by atoms with Crippen LogP contribution in [-0.2, 0) is 16.0 Å². The molecule has 1 atom stereocenters. The number of rotatable bonds is 5. The number of carbonyl (C=O) groups excluding carboxylic acids is 1. The molecule has 86 valence electrons. The van der Waals surface area contributed by atoms with E-state index in [1.165, 1.54) is 3.57 Å². The lowest BCUT2D eigenvalue weighted by atomic mass is 10.0. The fourth-order valence-corrected chi connectivity index (χ4v) is 2.25. The van der Waals surface area contributed by atoms with E-state index in [2.05, 4.69) is 22.6 Å². The smallest absolute Gasteiger partial charge is 0.166 e. The Kier molecular flexibility index (Phi) is 3.97. The van der Waals surface area contributed by atoms with Crippen molar-refractivity contribution in [2.24, 2.45) is 5.92 Å². The first-order valence-corrected chi connectivity index (χ1v) is 6.58. The summed E-state index contributed by atoms with van der Waals surface area (Å²) in [5.74, 6) is 0.688. The largest absolute Gasteiger partial charge is 0.373 e. The fourth-order valence-electron chi connectivity index (χ4n) is 1.89. The number of hydrogen-bond acceptors (Lipinski definition) is 2. The van der Waals surface area contributed by atoms with E-state index in [9.17, 15) is 4.79 Å². The van der Waals surface area contributed by atoms with Gasteiger partial charge in [-0.05, 0) is 59.0 Å². The lowest BCUT2D eigenvalue weighted by Crippen LogP contribution is -2.26. The molecule has 2 rings (SSSR count). The molecule has 0 spiro atoms. The number of methoxy groups -OCH3 is 1. The Bertz CT molecular complexity index is 368. The van der Waals surface area contributed by atoms with Gasteiger partial charge in [-0.3, -0.25) is 4.79 Å². The van der Waals surface area contributed by atoms with Crippen LogP contribution in [0.3, 0.4) is 0 Å². The van der Waals surface area contributed by atoms with Crippen LogP contribution in [0.25, 0.3) is 0 Å². The minimum Gasteiger partial charge on any atom is -0.373 e. The summed E-state index contributed by atoms with van der Waals surface area (Å²) in [7, 11) is 1.63. The molecular weight excluding hydrogens is 315 g/mol. The van der Waals surface area contributed by atoms with Gasteiger partial charge in [0.1, 0.15) is 6.10 Å². The van der Waals surface area contributed by atoms with Gasteiger partial charge in [0.2, 0.25) is 0 Å². The monoisotopic (exact) mass is 330 g/mol. The third-order valence-electron chi connectivity index (χ3n) is 2.91. The van der Waals surface area contributed by atoms with Crippen molar-refractivity contribution in [1.29, 1.82) is 0 Å². The van der Waals surface area contributed by atoms with E-state index >= 15 is 0 Å². The summed E-state index contributed by atoms with van der Waals surface area (Å²) >= 11 is 2.26. The molecular formula is C13H15IO2. The number of halogens is 1. The number of benzene rings is 1. The second-order valence-corrected chi connectivity index (χ2v) is 5.51. The third-order valence-corrected chi connectivity index (χ3v) is 3.63. The first-order valence-electron chi connectivity index (χ1n) is 5.50. The average molecular weight is 330 g/mol. The minimum absolute atomic E-state index is 0.181. The second-order valence-electron chi connectivity index (χ2n) is 4.26. The van der Waals surface area contributed by atoms with Gasteiger partial charge in [-0.2, -0.15) is 0 Å². The summed E-state index contributed by atoms with van der Waals surface area (Å²) in [6.45, 7) is 0. The van der Waals surface area contributed by atoms with Crippen molar-refractivity contribution in [3.05, 3.63) is 33.4 Å². The molecule has 0 aliphatic heterocycles. The maximum absolute atomic E-state index is 12.0. The summed E-state index contributed by atoms with van der Waals surface area (Å²) in [5.41, 5.74) is 1.08. The lowest BCUT2D eigenvalue weighted by Gasteiger charge is -2.12. The van der Waals surface area contributed by atoms with Gasteiger partial charge in [0, 0.05) is 17.1 Å². The number of ketones is 1. The fraction of sp³-hybridized carbons (Fsp3) is 0.462. The van der Waals surface area contributed by atoms with Crippen LogP contribution >= 0.6 is 22.6 Å². The zero-order valence-corrected chi connectivity index (χ0v) is 11.4.